The summed E-state index contributed by atoms with van der Waals surface area (Å²) in [6.45, 7) is 3.55. The molecular weight excluding hydrogens is 354 g/mol. The minimum atomic E-state index is -0.122. The quantitative estimate of drug-likeness (QED) is 0.833. The van der Waals surface area contributed by atoms with Crippen molar-refractivity contribution in [3.05, 3.63) is 71.8 Å². The highest BCUT2D eigenvalue weighted by Gasteiger charge is 2.23. The number of anilines is 1. The smallest absolute Gasteiger partial charge is 0.253 e. The molecule has 1 saturated heterocycles. The number of carbonyl (C=O) groups excluding carboxylic acids is 3. The van der Waals surface area contributed by atoms with Gasteiger partial charge in [-0.3, -0.25) is 14.4 Å². The van der Waals surface area contributed by atoms with E-state index < -0.39 is 0 Å². The van der Waals surface area contributed by atoms with E-state index in [2.05, 4.69) is 5.32 Å². The van der Waals surface area contributed by atoms with Crippen LogP contribution in [0.1, 0.15) is 22.8 Å². The molecule has 0 aromatic heterocycles. The SMILES string of the molecule is CC(=O)Nc1ccc(/C=C/C(=O)N2CCN(C(=O)c3ccccc3)CC2)cc1. The van der Waals surface area contributed by atoms with E-state index in [9.17, 15) is 14.4 Å². The Kier molecular flexibility index (Phi) is 6.22. The van der Waals surface area contributed by atoms with Gasteiger partial charge in [-0.2, -0.15) is 0 Å². The van der Waals surface area contributed by atoms with E-state index in [-0.39, 0.29) is 17.7 Å². The first-order chi connectivity index (χ1) is 13.5. The van der Waals surface area contributed by atoms with Gasteiger partial charge in [-0.1, -0.05) is 30.3 Å². The number of piperazine rings is 1. The van der Waals surface area contributed by atoms with Crippen LogP contribution in [0.5, 0.6) is 0 Å². The van der Waals surface area contributed by atoms with Crippen LogP contribution in [0, 0.1) is 0 Å². The van der Waals surface area contributed by atoms with Gasteiger partial charge < -0.3 is 15.1 Å². The molecule has 0 saturated carbocycles. The van der Waals surface area contributed by atoms with E-state index in [1.807, 2.05) is 30.3 Å². The van der Waals surface area contributed by atoms with Gasteiger partial charge in [-0.05, 0) is 35.9 Å². The second-order valence-corrected chi connectivity index (χ2v) is 6.62. The molecule has 1 aliphatic rings. The van der Waals surface area contributed by atoms with Crippen molar-refractivity contribution in [3.8, 4) is 0 Å². The van der Waals surface area contributed by atoms with Crippen molar-refractivity contribution in [3.63, 3.8) is 0 Å². The monoisotopic (exact) mass is 377 g/mol. The molecule has 3 amide bonds. The van der Waals surface area contributed by atoms with Crippen molar-refractivity contribution >= 4 is 29.5 Å². The van der Waals surface area contributed by atoms with Gasteiger partial charge in [0.05, 0.1) is 0 Å². The third-order valence-corrected chi connectivity index (χ3v) is 4.55. The van der Waals surface area contributed by atoms with Crippen LogP contribution in [0.2, 0.25) is 0 Å². The molecule has 0 spiro atoms. The Morgan fingerprint density at radius 1 is 0.857 bits per heavy atom. The van der Waals surface area contributed by atoms with Crippen molar-refractivity contribution < 1.29 is 14.4 Å². The Bertz CT molecular complexity index is 868. The van der Waals surface area contributed by atoms with E-state index in [4.69, 9.17) is 0 Å². The number of rotatable bonds is 4. The second-order valence-electron chi connectivity index (χ2n) is 6.62. The first-order valence-corrected chi connectivity index (χ1v) is 9.22. The summed E-state index contributed by atoms with van der Waals surface area (Å²) in [6, 6.07) is 16.4. The van der Waals surface area contributed by atoms with Gasteiger partial charge in [0.25, 0.3) is 5.91 Å². The molecular formula is C22H23N3O3. The molecule has 1 N–H and O–H groups in total. The Balaban J connectivity index is 1.51. The number of benzene rings is 2. The molecule has 0 unspecified atom stereocenters. The highest BCUT2D eigenvalue weighted by Crippen LogP contribution is 2.12. The lowest BCUT2D eigenvalue weighted by Gasteiger charge is -2.34. The van der Waals surface area contributed by atoms with Gasteiger partial charge in [-0.15, -0.1) is 0 Å². The van der Waals surface area contributed by atoms with Crippen LogP contribution < -0.4 is 5.32 Å². The molecule has 6 heteroatoms. The number of hydrogen-bond donors (Lipinski definition) is 1. The van der Waals surface area contributed by atoms with Gasteiger partial charge in [0.2, 0.25) is 11.8 Å². The predicted molar refractivity (Wildman–Crippen MR) is 109 cm³/mol. The lowest BCUT2D eigenvalue weighted by atomic mass is 10.1. The lowest BCUT2D eigenvalue weighted by Crippen LogP contribution is -2.50. The van der Waals surface area contributed by atoms with Crippen molar-refractivity contribution in [2.45, 2.75) is 6.92 Å². The summed E-state index contributed by atoms with van der Waals surface area (Å²) in [5, 5.41) is 2.70. The molecule has 0 atom stereocenters. The van der Waals surface area contributed by atoms with Crippen LogP contribution in [0.4, 0.5) is 5.69 Å². The molecule has 1 fully saturated rings. The Hall–Kier alpha value is -3.41. The minimum Gasteiger partial charge on any atom is -0.336 e. The highest BCUT2D eigenvalue weighted by molar-refractivity contribution is 5.95. The third-order valence-electron chi connectivity index (χ3n) is 4.55. The van der Waals surface area contributed by atoms with Crippen molar-refractivity contribution in [1.82, 2.24) is 9.80 Å². The molecule has 144 valence electrons. The molecule has 1 heterocycles. The number of hydrogen-bond acceptors (Lipinski definition) is 3. The molecule has 2 aromatic rings. The summed E-state index contributed by atoms with van der Waals surface area (Å²) in [5.41, 5.74) is 2.26. The number of amides is 3. The molecule has 1 aliphatic heterocycles. The number of nitrogens with one attached hydrogen (secondary N) is 1. The fraction of sp³-hybridized carbons (Fsp3) is 0.227. The van der Waals surface area contributed by atoms with E-state index in [0.717, 1.165) is 11.3 Å². The maximum atomic E-state index is 12.5. The number of nitrogens with zero attached hydrogens (tertiary/aromatic N) is 2. The molecule has 3 rings (SSSR count). The maximum absolute atomic E-state index is 12.5. The third kappa shape index (κ3) is 5.07. The highest BCUT2D eigenvalue weighted by atomic mass is 16.2. The first kappa shape index (κ1) is 19.4. The largest absolute Gasteiger partial charge is 0.336 e. The van der Waals surface area contributed by atoms with Crippen LogP contribution in [0.25, 0.3) is 6.08 Å². The molecule has 0 bridgehead atoms. The van der Waals surface area contributed by atoms with Crippen LogP contribution in [0.3, 0.4) is 0 Å². The van der Waals surface area contributed by atoms with E-state index in [0.29, 0.717) is 31.7 Å². The average Bonchev–Trinajstić information content (AvgIpc) is 2.73. The van der Waals surface area contributed by atoms with Crippen LogP contribution in [-0.4, -0.2) is 53.7 Å². The average molecular weight is 377 g/mol. The normalized spacial score (nSPS) is 14.2. The summed E-state index contributed by atoms with van der Waals surface area (Å²) in [7, 11) is 0. The molecule has 0 aliphatic carbocycles. The molecule has 2 aromatic carbocycles. The summed E-state index contributed by atoms with van der Waals surface area (Å²) >= 11 is 0. The molecule has 0 radical (unpaired) electrons. The molecule has 28 heavy (non-hydrogen) atoms. The van der Waals surface area contributed by atoms with Crippen molar-refractivity contribution in [2.75, 3.05) is 31.5 Å². The summed E-state index contributed by atoms with van der Waals surface area (Å²) < 4.78 is 0. The van der Waals surface area contributed by atoms with Gasteiger partial charge in [0, 0.05) is 50.4 Å². The fourth-order valence-corrected chi connectivity index (χ4v) is 3.05. The fourth-order valence-electron chi connectivity index (χ4n) is 3.05. The van der Waals surface area contributed by atoms with E-state index >= 15 is 0 Å². The van der Waals surface area contributed by atoms with Crippen molar-refractivity contribution in [2.24, 2.45) is 0 Å². The zero-order valence-electron chi connectivity index (χ0n) is 15.8. The lowest BCUT2D eigenvalue weighted by molar-refractivity contribution is -0.127. The number of carbonyl (C=O) groups is 3. The van der Waals surface area contributed by atoms with Crippen LogP contribution in [-0.2, 0) is 9.59 Å². The second kappa shape index (κ2) is 8.99. The minimum absolute atomic E-state index is 0.00232. The van der Waals surface area contributed by atoms with Gasteiger partial charge in [-0.25, -0.2) is 0 Å². The van der Waals surface area contributed by atoms with E-state index in [1.54, 1.807) is 46.2 Å². The van der Waals surface area contributed by atoms with E-state index in [1.165, 1.54) is 6.92 Å². The zero-order chi connectivity index (χ0) is 19.9. The topological polar surface area (TPSA) is 69.7 Å². The standard InChI is InChI=1S/C22H23N3O3/c1-17(26)23-20-10-7-18(8-11-20)9-12-21(27)24-13-15-25(16-14-24)22(28)19-5-3-2-4-6-19/h2-12H,13-16H2,1H3,(H,23,26)/b12-9+. The van der Waals surface area contributed by atoms with Crippen LogP contribution in [0.15, 0.2) is 60.7 Å². The van der Waals surface area contributed by atoms with Gasteiger partial charge in [0.15, 0.2) is 0 Å². The zero-order valence-corrected chi connectivity index (χ0v) is 15.8. The van der Waals surface area contributed by atoms with Crippen LogP contribution >= 0.6 is 0 Å². The summed E-state index contributed by atoms with van der Waals surface area (Å²) in [6.07, 6.45) is 3.30. The Morgan fingerprint density at radius 2 is 1.46 bits per heavy atom. The Morgan fingerprint density at radius 3 is 2.07 bits per heavy atom. The summed E-state index contributed by atoms with van der Waals surface area (Å²) in [5.74, 6) is -0.191. The molecule has 6 nitrogen and oxygen atoms in total. The Labute approximate surface area is 164 Å². The summed E-state index contributed by atoms with van der Waals surface area (Å²) in [4.78, 5) is 39.4. The van der Waals surface area contributed by atoms with Gasteiger partial charge >= 0.3 is 0 Å². The predicted octanol–water partition coefficient (Wildman–Crippen LogP) is 2.64. The first-order valence-electron chi connectivity index (χ1n) is 9.22. The van der Waals surface area contributed by atoms with Crippen molar-refractivity contribution in [1.29, 1.82) is 0 Å². The van der Waals surface area contributed by atoms with Gasteiger partial charge in [0.1, 0.15) is 0 Å². The maximum Gasteiger partial charge on any atom is 0.253 e.